The van der Waals surface area contributed by atoms with Crippen molar-refractivity contribution in [3.8, 4) is 34.4 Å². The van der Waals surface area contributed by atoms with Crippen LogP contribution < -0.4 is 14.2 Å². The Morgan fingerprint density at radius 2 is 1.72 bits per heavy atom. The van der Waals surface area contributed by atoms with E-state index in [0.29, 0.717) is 53.6 Å². The fraction of sp³-hybridized carbons (Fsp3) is 0.457. The zero-order valence-electron chi connectivity index (χ0n) is 33.1. The van der Waals surface area contributed by atoms with Crippen molar-refractivity contribution in [1.29, 1.82) is 5.26 Å². The molecule has 4 aromatic rings. The monoisotopic (exact) mass is 792 g/mol. The molecule has 3 saturated heterocycles. The fourth-order valence-electron chi connectivity index (χ4n) is 8.66. The summed E-state index contributed by atoms with van der Waals surface area (Å²) in [6.45, 7) is 11.6. The molecule has 1 aromatic heterocycles. The zero-order chi connectivity index (χ0) is 39.8. The number of nitriles is 1. The van der Waals surface area contributed by atoms with Crippen molar-refractivity contribution in [1.82, 2.24) is 14.8 Å². The zero-order valence-corrected chi connectivity index (χ0v) is 33.9. The molecule has 0 saturated carbocycles. The number of halogens is 1. The number of piperidine rings is 1. The number of aromatic nitrogens is 1. The van der Waals surface area contributed by atoms with Crippen molar-refractivity contribution >= 4 is 17.6 Å². The molecule has 0 radical (unpaired) electrons. The molecule has 0 aliphatic carbocycles. The second-order valence-electron chi connectivity index (χ2n) is 15.8. The highest BCUT2D eigenvalue weighted by Crippen LogP contribution is 2.40. The second-order valence-corrected chi connectivity index (χ2v) is 16.2. The minimum Gasteiger partial charge on any atom is -0.493 e. The van der Waals surface area contributed by atoms with Gasteiger partial charge in [0.05, 0.1) is 17.2 Å². The summed E-state index contributed by atoms with van der Waals surface area (Å²) in [4.78, 5) is 20.8. The smallest absolute Gasteiger partial charge is 0.320 e. The van der Waals surface area contributed by atoms with E-state index in [1.807, 2.05) is 11.0 Å². The van der Waals surface area contributed by atoms with Crippen LogP contribution in [0.4, 0.5) is 0 Å². The number of carboxylic acid groups (broad SMARTS) is 1. The van der Waals surface area contributed by atoms with Crippen molar-refractivity contribution in [2.24, 2.45) is 5.41 Å². The summed E-state index contributed by atoms with van der Waals surface area (Å²) in [5, 5.41) is 19.7. The van der Waals surface area contributed by atoms with Crippen molar-refractivity contribution < 1.29 is 28.8 Å². The molecule has 10 nitrogen and oxygen atoms in total. The van der Waals surface area contributed by atoms with E-state index in [4.69, 9.17) is 30.5 Å². The van der Waals surface area contributed by atoms with Gasteiger partial charge in [-0.05, 0) is 117 Å². The molecule has 3 aromatic carbocycles. The van der Waals surface area contributed by atoms with Crippen LogP contribution >= 0.6 is 11.6 Å². The summed E-state index contributed by atoms with van der Waals surface area (Å²) in [7, 11) is 0. The molecule has 3 aliphatic rings. The summed E-state index contributed by atoms with van der Waals surface area (Å²) in [6, 6.07) is 19.4. The van der Waals surface area contributed by atoms with Gasteiger partial charge in [0.2, 0.25) is 0 Å². The van der Waals surface area contributed by atoms with E-state index in [0.717, 1.165) is 83.7 Å². The second kappa shape index (κ2) is 18.7. The molecule has 3 aliphatic heterocycles. The molecule has 0 bridgehead atoms. The maximum absolute atomic E-state index is 12.1. The number of hydrogen-bond acceptors (Lipinski definition) is 9. The van der Waals surface area contributed by atoms with Crippen LogP contribution in [0.25, 0.3) is 11.1 Å². The lowest BCUT2D eigenvalue weighted by Gasteiger charge is -2.33. The Bertz CT molecular complexity index is 2080. The third-order valence-electron chi connectivity index (χ3n) is 12.1. The molecule has 4 heterocycles. The van der Waals surface area contributed by atoms with Gasteiger partial charge in [-0.2, -0.15) is 5.26 Å². The Balaban J connectivity index is 1.03. The molecule has 1 spiro atoms. The first-order chi connectivity index (χ1) is 27.7. The first kappa shape index (κ1) is 40.5. The van der Waals surface area contributed by atoms with Crippen molar-refractivity contribution in [3.05, 3.63) is 105 Å². The highest BCUT2D eigenvalue weighted by Gasteiger charge is 2.39. The van der Waals surface area contributed by atoms with Crippen LogP contribution in [0.15, 0.2) is 67.0 Å². The van der Waals surface area contributed by atoms with Gasteiger partial charge in [0.25, 0.3) is 0 Å². The fourth-order valence-corrected chi connectivity index (χ4v) is 8.90. The highest BCUT2D eigenvalue weighted by molar-refractivity contribution is 6.32. The van der Waals surface area contributed by atoms with E-state index in [1.165, 1.54) is 38.5 Å². The van der Waals surface area contributed by atoms with Crippen LogP contribution in [0, 0.1) is 30.6 Å². The SMILES string of the molecule is Cc1c(COc2cc(OCc3cncc(C#N)c3)c(CN3CCCC[C@H]3C(=O)O)cc2Cl)cccc1-c1cccc(OCCCN2CCC3(CCOCC3)C2)c1C. The normalized spacial score (nSPS) is 18.3. The van der Waals surface area contributed by atoms with Gasteiger partial charge in [-0.15, -0.1) is 0 Å². The summed E-state index contributed by atoms with van der Waals surface area (Å²) in [5.41, 5.74) is 7.88. The molecular weight excluding hydrogens is 740 g/mol. The Morgan fingerprint density at radius 1 is 0.930 bits per heavy atom. The molecule has 11 heteroatoms. The number of rotatable bonds is 15. The Labute approximate surface area is 341 Å². The van der Waals surface area contributed by atoms with Crippen molar-refractivity contribution in [2.45, 2.75) is 84.6 Å². The maximum atomic E-state index is 12.1. The minimum atomic E-state index is -0.827. The lowest BCUT2D eigenvalue weighted by molar-refractivity contribution is -0.144. The molecule has 7 rings (SSSR count). The summed E-state index contributed by atoms with van der Waals surface area (Å²) in [5.74, 6) is 1.07. The molecule has 57 heavy (non-hydrogen) atoms. The van der Waals surface area contributed by atoms with Gasteiger partial charge in [-0.25, -0.2) is 0 Å². The molecular formula is C46H53ClN4O6. The molecule has 1 N–H and O–H groups in total. The van der Waals surface area contributed by atoms with Crippen molar-refractivity contribution in [2.75, 3.05) is 46.0 Å². The van der Waals surface area contributed by atoms with E-state index < -0.39 is 12.0 Å². The molecule has 1 atom stereocenters. The van der Waals surface area contributed by atoms with Gasteiger partial charge < -0.3 is 29.0 Å². The Hall–Kier alpha value is -4.66. The predicted molar refractivity (Wildman–Crippen MR) is 220 cm³/mol. The van der Waals surface area contributed by atoms with Crippen LogP contribution in [0.3, 0.4) is 0 Å². The molecule has 0 unspecified atom stereocenters. The predicted octanol–water partition coefficient (Wildman–Crippen LogP) is 8.76. The van der Waals surface area contributed by atoms with Crippen LogP contribution in [0.1, 0.15) is 78.3 Å². The first-order valence-electron chi connectivity index (χ1n) is 20.2. The average molecular weight is 793 g/mol. The Kier molecular flexibility index (Phi) is 13.3. The quantitative estimate of drug-likeness (QED) is 0.117. The number of benzene rings is 3. The van der Waals surface area contributed by atoms with Crippen LogP contribution in [-0.4, -0.2) is 77.9 Å². The molecule has 300 valence electrons. The summed E-state index contributed by atoms with van der Waals surface area (Å²) in [6.07, 6.45) is 10.2. The number of likely N-dealkylation sites (tertiary alicyclic amines) is 2. The molecule has 3 fully saturated rings. The number of carbonyl (C=O) groups is 1. The van der Waals surface area contributed by atoms with Crippen LogP contribution in [-0.2, 0) is 29.3 Å². The van der Waals surface area contributed by atoms with E-state index in [9.17, 15) is 15.2 Å². The minimum absolute atomic E-state index is 0.164. The van der Waals surface area contributed by atoms with Gasteiger partial charge in [0.1, 0.15) is 42.6 Å². The van der Waals surface area contributed by atoms with Crippen molar-refractivity contribution in [3.63, 3.8) is 0 Å². The number of pyridine rings is 1. The standard InChI is InChI=1S/C46H53ClN4O6/c1-32-36(8-5-9-38(32)39-10-6-12-42(33(39)2)55-19-7-16-50-18-13-46(31-50)14-20-54-21-15-46)30-57-44-24-43(56-29-35-22-34(25-48)26-49-27-35)37(23-40(44)47)28-51-17-4-3-11-41(51)45(52)53/h5-6,8-10,12,22-24,26-27,41H,3-4,7,11,13-21,28-31H2,1-2H3,(H,52,53)/t41-/m0/s1. The van der Waals surface area contributed by atoms with E-state index in [2.05, 4.69) is 66.2 Å². The van der Waals surface area contributed by atoms with Gasteiger partial charge in [0, 0.05) is 62.4 Å². The van der Waals surface area contributed by atoms with Gasteiger partial charge in [-0.3, -0.25) is 14.7 Å². The number of nitrogens with zero attached hydrogens (tertiary/aromatic N) is 4. The number of aliphatic carboxylic acids is 1. The van der Waals surface area contributed by atoms with Gasteiger partial charge in [0.15, 0.2) is 0 Å². The lowest BCUT2D eigenvalue weighted by Crippen LogP contribution is -2.44. The topological polar surface area (TPSA) is 117 Å². The number of carboxylic acids is 1. The first-order valence-corrected chi connectivity index (χ1v) is 20.6. The van der Waals surface area contributed by atoms with Crippen LogP contribution in [0.2, 0.25) is 5.02 Å². The maximum Gasteiger partial charge on any atom is 0.320 e. The van der Waals surface area contributed by atoms with Gasteiger partial charge in [-0.1, -0.05) is 48.4 Å². The number of hydrogen-bond donors (Lipinski definition) is 1. The van der Waals surface area contributed by atoms with E-state index in [1.54, 1.807) is 18.3 Å². The largest absolute Gasteiger partial charge is 0.493 e. The summed E-state index contributed by atoms with van der Waals surface area (Å²) >= 11 is 6.89. The number of ether oxygens (including phenoxy) is 4. The third kappa shape index (κ3) is 9.90. The third-order valence-corrected chi connectivity index (χ3v) is 12.4. The summed E-state index contributed by atoms with van der Waals surface area (Å²) < 4.78 is 24.8. The van der Waals surface area contributed by atoms with E-state index in [-0.39, 0.29) is 13.2 Å². The van der Waals surface area contributed by atoms with Gasteiger partial charge >= 0.3 is 5.97 Å². The van der Waals surface area contributed by atoms with Crippen LogP contribution in [0.5, 0.6) is 17.2 Å². The lowest BCUT2D eigenvalue weighted by atomic mass is 9.80. The average Bonchev–Trinajstić information content (AvgIpc) is 3.61. The molecule has 0 amide bonds. The Morgan fingerprint density at radius 3 is 2.53 bits per heavy atom. The highest BCUT2D eigenvalue weighted by atomic mass is 35.5. The van der Waals surface area contributed by atoms with E-state index >= 15 is 0 Å².